The molecule has 2 aromatic carbocycles. The summed E-state index contributed by atoms with van der Waals surface area (Å²) in [6.45, 7) is -2.24. The van der Waals surface area contributed by atoms with Gasteiger partial charge in [0.25, 0.3) is 12.3 Å². The minimum absolute atomic E-state index is 0.0691. The molecule has 0 bridgehead atoms. The predicted octanol–water partition coefficient (Wildman–Crippen LogP) is 7.28. The zero-order chi connectivity index (χ0) is 42.2. The Morgan fingerprint density at radius 2 is 1.83 bits per heavy atom. The normalized spacial score (nSPS) is 19.2. The van der Waals surface area contributed by atoms with E-state index < -0.39 is 91.5 Å². The van der Waals surface area contributed by atoms with Crippen LogP contribution in [0.3, 0.4) is 0 Å². The van der Waals surface area contributed by atoms with E-state index in [1.54, 1.807) is 12.2 Å². The highest BCUT2D eigenvalue weighted by atomic mass is 35.5. The molecule has 1 aliphatic heterocycles. The van der Waals surface area contributed by atoms with Crippen molar-refractivity contribution in [2.75, 3.05) is 6.61 Å². The SMILES string of the molecule is CC(CC#N)C[C@]1(c2ccc(-c3cnn(C(F)F)c3)cc2)NC(=NC(=O)O)N(C(COC(=O)NC2(C(F)(F)F)CC2)c2ccc(Cl)c(-n3ncnc3C(F)F)c2)C1=O. The molecule has 1 aliphatic carbocycles. The molecule has 2 aromatic heterocycles. The van der Waals surface area contributed by atoms with Crippen molar-refractivity contribution in [2.24, 2.45) is 10.9 Å². The molecule has 0 radical (unpaired) electrons. The number of hydrogen-bond acceptors (Lipinski definition) is 8. The van der Waals surface area contributed by atoms with Gasteiger partial charge in [-0.1, -0.05) is 48.9 Å². The lowest BCUT2D eigenvalue weighted by Gasteiger charge is -2.32. The number of guanidine groups is 1. The van der Waals surface area contributed by atoms with E-state index in [2.05, 4.69) is 25.5 Å². The molecule has 0 spiro atoms. The second kappa shape index (κ2) is 16.0. The second-order valence-corrected chi connectivity index (χ2v) is 13.9. The van der Waals surface area contributed by atoms with Crippen LogP contribution in [0.25, 0.3) is 16.8 Å². The lowest BCUT2D eigenvalue weighted by Crippen LogP contribution is -2.49. The minimum Gasteiger partial charge on any atom is -0.463 e. The third-order valence-electron chi connectivity index (χ3n) is 9.62. The number of alkyl halides is 7. The van der Waals surface area contributed by atoms with Crippen molar-refractivity contribution in [1.82, 2.24) is 40.1 Å². The summed E-state index contributed by atoms with van der Waals surface area (Å²) in [5.41, 5.74) is -3.92. The Morgan fingerprint density at radius 3 is 2.41 bits per heavy atom. The molecule has 15 nitrogen and oxygen atoms in total. The summed E-state index contributed by atoms with van der Waals surface area (Å²) >= 11 is 6.39. The van der Waals surface area contributed by atoms with Crippen LogP contribution >= 0.6 is 11.6 Å². The van der Waals surface area contributed by atoms with E-state index in [9.17, 15) is 50.7 Å². The fourth-order valence-corrected chi connectivity index (χ4v) is 6.80. The quantitative estimate of drug-likeness (QED) is 0.115. The summed E-state index contributed by atoms with van der Waals surface area (Å²) in [6.07, 6.45) is -9.37. The van der Waals surface area contributed by atoms with Crippen LogP contribution in [0.15, 0.2) is 66.2 Å². The van der Waals surface area contributed by atoms with E-state index in [-0.39, 0.29) is 40.2 Å². The van der Waals surface area contributed by atoms with Crippen LogP contribution < -0.4 is 10.6 Å². The standard InChI is InChI=1S/C35H30ClF7N10O5/c1-18(8-11-44)13-34(22-5-2-19(3-6-22)21-14-46-51(15-21)29(39)40)28(54)52(30(49-34)48-31(55)56)25(16-58-32(57)50-33(9-10-33)35(41,42)43)20-4-7-23(36)24(12-20)53-27(26(37)38)45-17-47-53/h2-7,12,14-15,17-18,25-26,29H,8-10,13,16H2,1H3,(H,48,49)(H,50,57)(H,55,56)/t18?,25?,34-/m1/s1. The molecule has 23 heteroatoms. The molecular formula is C35H30ClF7N10O5. The Morgan fingerprint density at radius 1 is 1.12 bits per heavy atom. The lowest BCUT2D eigenvalue weighted by molar-refractivity contribution is -0.164. The Kier molecular flexibility index (Phi) is 11.4. The highest BCUT2D eigenvalue weighted by Crippen LogP contribution is 2.49. The van der Waals surface area contributed by atoms with Crippen molar-refractivity contribution in [3.63, 3.8) is 0 Å². The van der Waals surface area contributed by atoms with Crippen LogP contribution in [0.1, 0.15) is 68.6 Å². The molecular weight excluding hydrogens is 809 g/mol. The number of carboxylic acid groups (broad SMARTS) is 1. The van der Waals surface area contributed by atoms with Crippen molar-refractivity contribution in [3.05, 3.63) is 83.2 Å². The van der Waals surface area contributed by atoms with Gasteiger partial charge in [0, 0.05) is 18.2 Å². The molecule has 3 amide bonds. The van der Waals surface area contributed by atoms with E-state index >= 15 is 4.79 Å². The number of rotatable bonds is 13. The van der Waals surface area contributed by atoms with Crippen LogP contribution in [0, 0.1) is 17.2 Å². The highest BCUT2D eigenvalue weighted by molar-refractivity contribution is 6.32. The van der Waals surface area contributed by atoms with Gasteiger partial charge >= 0.3 is 24.9 Å². The first-order valence-electron chi connectivity index (χ1n) is 17.1. The van der Waals surface area contributed by atoms with Gasteiger partial charge in [0.05, 0.1) is 29.0 Å². The number of aromatic nitrogens is 5. The summed E-state index contributed by atoms with van der Waals surface area (Å²) in [5, 5.41) is 31.3. The smallest absolute Gasteiger partial charge is 0.434 e. The monoisotopic (exact) mass is 838 g/mol. The number of nitrogens with one attached hydrogen (secondary N) is 2. The number of carbonyl (C=O) groups is 3. The molecule has 2 aliphatic rings. The molecule has 306 valence electrons. The molecule has 2 fully saturated rings. The first kappa shape index (κ1) is 41.4. The maximum absolute atomic E-state index is 15.1. The molecule has 6 rings (SSSR count). The van der Waals surface area contributed by atoms with Crippen molar-refractivity contribution in [1.29, 1.82) is 5.26 Å². The molecule has 3 atom stereocenters. The van der Waals surface area contributed by atoms with Gasteiger partial charge in [-0.15, -0.1) is 4.99 Å². The summed E-state index contributed by atoms with van der Waals surface area (Å²) < 4.78 is 102. The van der Waals surface area contributed by atoms with Crippen LogP contribution in [-0.4, -0.2) is 76.9 Å². The third-order valence-corrected chi connectivity index (χ3v) is 9.94. The Bertz CT molecular complexity index is 2270. The van der Waals surface area contributed by atoms with E-state index in [0.717, 1.165) is 23.5 Å². The van der Waals surface area contributed by atoms with Gasteiger partial charge in [-0.25, -0.2) is 32.7 Å². The maximum Gasteiger partial charge on any atom is 0.434 e. The number of aliphatic imine (C=N–C) groups is 1. The first-order valence-corrected chi connectivity index (χ1v) is 17.5. The van der Waals surface area contributed by atoms with E-state index in [1.807, 2.05) is 6.07 Å². The van der Waals surface area contributed by atoms with Gasteiger partial charge in [-0.3, -0.25) is 9.69 Å². The van der Waals surface area contributed by atoms with Crippen LogP contribution in [0.5, 0.6) is 0 Å². The number of carbonyl (C=O) groups excluding carboxylic acids is 2. The van der Waals surface area contributed by atoms with Crippen molar-refractivity contribution in [2.45, 2.75) is 68.9 Å². The summed E-state index contributed by atoms with van der Waals surface area (Å²) in [4.78, 5) is 48.2. The number of hydrogen-bond donors (Lipinski definition) is 3. The number of nitriles is 1. The van der Waals surface area contributed by atoms with Crippen LogP contribution in [-0.2, 0) is 15.1 Å². The number of benzene rings is 2. The van der Waals surface area contributed by atoms with Crippen molar-refractivity contribution < 1.29 is 55.0 Å². The van der Waals surface area contributed by atoms with Gasteiger partial charge in [-0.2, -0.15) is 37.4 Å². The zero-order valence-corrected chi connectivity index (χ0v) is 30.6. The first-order chi connectivity index (χ1) is 27.4. The minimum atomic E-state index is -4.83. The molecule has 1 saturated heterocycles. The summed E-state index contributed by atoms with van der Waals surface area (Å²) in [6, 6.07) is 9.85. The third kappa shape index (κ3) is 8.11. The molecule has 58 heavy (non-hydrogen) atoms. The fourth-order valence-electron chi connectivity index (χ4n) is 6.61. The van der Waals surface area contributed by atoms with Gasteiger partial charge in [0.1, 0.15) is 24.0 Å². The van der Waals surface area contributed by atoms with Gasteiger partial charge < -0.3 is 20.5 Å². The fraction of sp³-hybridized carbons (Fsp3) is 0.371. The van der Waals surface area contributed by atoms with Crippen LogP contribution in [0.2, 0.25) is 5.02 Å². The predicted molar refractivity (Wildman–Crippen MR) is 187 cm³/mol. The molecule has 1 saturated carbocycles. The van der Waals surface area contributed by atoms with Crippen LogP contribution in [0.4, 0.5) is 40.3 Å². The Balaban J connectivity index is 1.47. The van der Waals surface area contributed by atoms with E-state index in [4.69, 9.17) is 16.3 Å². The summed E-state index contributed by atoms with van der Waals surface area (Å²) in [7, 11) is 0. The van der Waals surface area contributed by atoms with Crippen molar-refractivity contribution >= 4 is 35.7 Å². The largest absolute Gasteiger partial charge is 0.463 e. The maximum atomic E-state index is 15.1. The van der Waals surface area contributed by atoms with Gasteiger partial charge in [0.15, 0.2) is 5.82 Å². The Labute approximate surface area is 328 Å². The summed E-state index contributed by atoms with van der Waals surface area (Å²) in [5.74, 6) is -2.99. The highest BCUT2D eigenvalue weighted by Gasteiger charge is 2.64. The van der Waals surface area contributed by atoms with E-state index in [0.29, 0.717) is 14.9 Å². The second-order valence-electron chi connectivity index (χ2n) is 13.5. The van der Waals surface area contributed by atoms with Crippen molar-refractivity contribution in [3.8, 4) is 22.9 Å². The zero-order valence-electron chi connectivity index (χ0n) is 29.8. The van der Waals surface area contributed by atoms with Gasteiger partial charge in [-0.05, 0) is 54.0 Å². The van der Waals surface area contributed by atoms with E-state index in [1.165, 1.54) is 42.6 Å². The molecule has 3 N–H and O–H groups in total. The molecule has 2 unspecified atom stereocenters. The number of alkyl carbamates (subject to hydrolysis) is 1. The molecule has 4 aromatic rings. The average molecular weight is 839 g/mol. The topological polar surface area (TPSA) is 193 Å². The lowest BCUT2D eigenvalue weighted by atomic mass is 9.80. The number of nitrogens with zero attached hydrogens (tertiary/aromatic N) is 8. The average Bonchev–Trinajstić information content (AvgIpc) is 3.46. The molecule has 3 heterocycles. The van der Waals surface area contributed by atoms with Gasteiger partial charge in [0.2, 0.25) is 5.96 Å². The number of amides is 3. The number of ether oxygens (including phenoxy) is 1. The Hall–Kier alpha value is -6.24. The number of halogens is 8.